The molecule has 40 heavy (non-hydrogen) atoms. The Balaban J connectivity index is 1.75. The largest absolute Gasteiger partial charge is 0.494 e. The van der Waals surface area contributed by atoms with Crippen molar-refractivity contribution in [3.63, 3.8) is 0 Å². The molecule has 0 radical (unpaired) electrons. The lowest BCUT2D eigenvalue weighted by Gasteiger charge is -2.33. The molecule has 0 aliphatic heterocycles. The Labute approximate surface area is 233 Å². The number of nitrogens with zero attached hydrogens (tertiary/aromatic N) is 1. The predicted octanol–water partition coefficient (Wildman–Crippen LogP) is 6.14. The topological polar surface area (TPSA) is 72.9 Å². The first-order valence-corrected chi connectivity index (χ1v) is 14.6. The third-order valence-electron chi connectivity index (χ3n) is 6.48. The van der Waals surface area contributed by atoms with Gasteiger partial charge in [-0.2, -0.15) is 13.2 Å². The zero-order chi connectivity index (χ0) is 29.6. The monoisotopic (exact) mass is 577 g/mol. The van der Waals surface area contributed by atoms with Crippen molar-refractivity contribution in [1.82, 2.24) is 4.90 Å². The van der Waals surface area contributed by atoms with E-state index in [0.29, 0.717) is 31.6 Å². The van der Waals surface area contributed by atoms with Crippen LogP contribution < -0.4 is 4.74 Å². The molecule has 0 spiro atoms. The Hall–Kier alpha value is -3.37. The van der Waals surface area contributed by atoms with E-state index >= 15 is 0 Å². The molecule has 0 atom stereocenters. The summed E-state index contributed by atoms with van der Waals surface area (Å²) < 4.78 is 74.8. The zero-order valence-corrected chi connectivity index (χ0v) is 23.8. The van der Waals surface area contributed by atoms with Crippen LogP contribution in [-0.2, 0) is 32.7 Å². The highest BCUT2D eigenvalue weighted by atomic mass is 32.2. The minimum Gasteiger partial charge on any atom is -0.494 e. The van der Waals surface area contributed by atoms with Crippen LogP contribution in [0.4, 0.5) is 13.2 Å². The van der Waals surface area contributed by atoms with Crippen LogP contribution in [0.25, 0.3) is 0 Å². The third-order valence-corrected chi connectivity index (χ3v) is 7.62. The quantitative estimate of drug-likeness (QED) is 0.190. The highest BCUT2D eigenvalue weighted by Crippen LogP contribution is 2.31. The number of methoxy groups -OCH3 is 1. The van der Waals surface area contributed by atoms with Gasteiger partial charge in [0.1, 0.15) is 5.75 Å². The molecule has 0 saturated heterocycles. The van der Waals surface area contributed by atoms with E-state index in [4.69, 9.17) is 4.74 Å². The summed E-state index contributed by atoms with van der Waals surface area (Å²) in [6, 6.07) is 19.4. The van der Waals surface area contributed by atoms with E-state index in [1.807, 2.05) is 30.3 Å². The average Bonchev–Trinajstić information content (AvgIpc) is 2.90. The van der Waals surface area contributed by atoms with Crippen molar-refractivity contribution in [2.45, 2.75) is 43.3 Å². The standard InChI is InChI=1S/C30H34F3NO5S/c1-29(2,23-11-6-5-7-12-23)21-34(20-22-10-8-13-24(18-22)30(31,32)33)16-9-17-39-25-14-15-26(28(35)38-3)27(19-25)40(4,36)37/h5-8,10-15,18-19H,9,16-17,20-21H2,1-4H3. The average molecular weight is 578 g/mol. The third kappa shape index (κ3) is 8.56. The molecule has 0 N–H and O–H groups in total. The second-order valence-electron chi connectivity index (χ2n) is 10.3. The van der Waals surface area contributed by atoms with Gasteiger partial charge in [-0.3, -0.25) is 4.90 Å². The number of hydrogen-bond acceptors (Lipinski definition) is 6. The Morgan fingerprint density at radius 2 is 1.60 bits per heavy atom. The number of rotatable bonds is 12. The summed E-state index contributed by atoms with van der Waals surface area (Å²) in [7, 11) is -2.55. The van der Waals surface area contributed by atoms with Gasteiger partial charge in [-0.15, -0.1) is 0 Å². The minimum absolute atomic E-state index is 0.0762. The number of carbonyl (C=O) groups is 1. The molecule has 0 fully saturated rings. The van der Waals surface area contributed by atoms with Crippen molar-refractivity contribution < 1.29 is 35.9 Å². The Morgan fingerprint density at radius 1 is 0.925 bits per heavy atom. The SMILES string of the molecule is COC(=O)c1ccc(OCCCN(Cc2cccc(C(F)(F)F)c2)CC(C)(C)c2ccccc2)cc1S(C)(=O)=O. The summed E-state index contributed by atoms with van der Waals surface area (Å²) in [6.07, 6.45) is -2.90. The van der Waals surface area contributed by atoms with Gasteiger partial charge in [-0.05, 0) is 41.8 Å². The van der Waals surface area contributed by atoms with Gasteiger partial charge in [-0.25, -0.2) is 13.2 Å². The molecule has 0 bridgehead atoms. The smallest absolute Gasteiger partial charge is 0.416 e. The lowest BCUT2D eigenvalue weighted by molar-refractivity contribution is -0.137. The van der Waals surface area contributed by atoms with E-state index in [-0.39, 0.29) is 28.2 Å². The minimum atomic E-state index is -4.42. The molecule has 6 nitrogen and oxygen atoms in total. The van der Waals surface area contributed by atoms with Crippen molar-refractivity contribution in [2.75, 3.05) is 33.1 Å². The highest BCUT2D eigenvalue weighted by molar-refractivity contribution is 7.90. The molecule has 0 heterocycles. The number of esters is 1. The molecule has 0 amide bonds. The summed E-state index contributed by atoms with van der Waals surface area (Å²) in [5.41, 5.74) is 0.619. The van der Waals surface area contributed by atoms with Gasteiger partial charge in [0.15, 0.2) is 9.84 Å². The van der Waals surface area contributed by atoms with Crippen LogP contribution in [0.5, 0.6) is 5.75 Å². The number of benzene rings is 3. The van der Waals surface area contributed by atoms with Gasteiger partial charge >= 0.3 is 12.1 Å². The maximum atomic E-state index is 13.3. The maximum Gasteiger partial charge on any atom is 0.416 e. The maximum absolute atomic E-state index is 13.3. The fourth-order valence-corrected chi connectivity index (χ4v) is 5.39. The van der Waals surface area contributed by atoms with Gasteiger partial charge in [0.2, 0.25) is 0 Å². The van der Waals surface area contributed by atoms with Gasteiger partial charge in [0.05, 0.1) is 29.7 Å². The van der Waals surface area contributed by atoms with Crippen molar-refractivity contribution in [3.8, 4) is 5.75 Å². The molecule has 216 valence electrons. The number of halogens is 3. The number of carbonyl (C=O) groups excluding carboxylic acids is 1. The second-order valence-corrected chi connectivity index (χ2v) is 12.3. The molecule has 0 aliphatic carbocycles. The molecule has 0 aliphatic rings. The molecular formula is C30H34F3NO5S. The fourth-order valence-electron chi connectivity index (χ4n) is 4.51. The first-order valence-electron chi connectivity index (χ1n) is 12.7. The Morgan fingerprint density at radius 3 is 2.23 bits per heavy atom. The van der Waals surface area contributed by atoms with Crippen LogP contribution >= 0.6 is 0 Å². The highest BCUT2D eigenvalue weighted by Gasteiger charge is 2.31. The van der Waals surface area contributed by atoms with E-state index in [1.54, 1.807) is 6.07 Å². The summed E-state index contributed by atoms with van der Waals surface area (Å²) in [6.45, 7) is 5.82. The summed E-state index contributed by atoms with van der Waals surface area (Å²) in [5.74, 6) is -0.486. The molecule has 3 rings (SSSR count). The predicted molar refractivity (Wildman–Crippen MR) is 147 cm³/mol. The molecule has 10 heteroatoms. The lowest BCUT2D eigenvalue weighted by atomic mass is 9.84. The zero-order valence-electron chi connectivity index (χ0n) is 23.0. The molecule has 3 aromatic carbocycles. The normalized spacial score (nSPS) is 12.4. The fraction of sp³-hybridized carbons (Fsp3) is 0.367. The van der Waals surface area contributed by atoms with Gasteiger partial charge in [-0.1, -0.05) is 62.4 Å². The van der Waals surface area contributed by atoms with E-state index in [9.17, 15) is 26.4 Å². The summed E-state index contributed by atoms with van der Waals surface area (Å²) in [5, 5.41) is 0. The van der Waals surface area contributed by atoms with Gasteiger partial charge in [0, 0.05) is 31.3 Å². The van der Waals surface area contributed by atoms with Crippen molar-refractivity contribution >= 4 is 15.8 Å². The number of ether oxygens (including phenoxy) is 2. The van der Waals surface area contributed by atoms with Crippen molar-refractivity contribution in [1.29, 1.82) is 0 Å². The van der Waals surface area contributed by atoms with Crippen LogP contribution in [0, 0.1) is 0 Å². The van der Waals surface area contributed by atoms with Crippen LogP contribution in [0.15, 0.2) is 77.7 Å². The number of alkyl halides is 3. The Bertz CT molecular complexity index is 1410. The van der Waals surface area contributed by atoms with E-state index in [2.05, 4.69) is 23.5 Å². The van der Waals surface area contributed by atoms with Crippen molar-refractivity contribution in [3.05, 3.63) is 95.1 Å². The first kappa shape index (κ1) is 31.2. The molecule has 3 aromatic rings. The van der Waals surface area contributed by atoms with Gasteiger partial charge < -0.3 is 9.47 Å². The number of hydrogen-bond donors (Lipinski definition) is 0. The van der Waals surface area contributed by atoms with E-state index < -0.39 is 27.5 Å². The summed E-state index contributed by atoms with van der Waals surface area (Å²) >= 11 is 0. The Kier molecular flexibility index (Phi) is 10.0. The van der Waals surface area contributed by atoms with Crippen LogP contribution in [0.1, 0.15) is 47.3 Å². The van der Waals surface area contributed by atoms with Crippen LogP contribution in [0.3, 0.4) is 0 Å². The molecule has 0 unspecified atom stereocenters. The van der Waals surface area contributed by atoms with E-state index in [1.165, 1.54) is 37.4 Å². The van der Waals surface area contributed by atoms with Crippen LogP contribution in [-0.4, -0.2) is 52.3 Å². The van der Waals surface area contributed by atoms with Crippen molar-refractivity contribution in [2.24, 2.45) is 0 Å². The van der Waals surface area contributed by atoms with Crippen LogP contribution in [0.2, 0.25) is 0 Å². The molecule has 0 aromatic heterocycles. The number of sulfone groups is 1. The summed E-state index contributed by atoms with van der Waals surface area (Å²) in [4.78, 5) is 13.9. The van der Waals surface area contributed by atoms with E-state index in [0.717, 1.165) is 17.9 Å². The second kappa shape index (κ2) is 12.9. The first-order chi connectivity index (χ1) is 18.7. The lowest BCUT2D eigenvalue weighted by Crippen LogP contribution is -2.37. The molecular weight excluding hydrogens is 543 g/mol. The van der Waals surface area contributed by atoms with Gasteiger partial charge in [0.25, 0.3) is 0 Å². The molecule has 0 saturated carbocycles.